The first kappa shape index (κ1) is 19.8. The number of aryl methyl sites for hydroxylation is 1. The van der Waals surface area contributed by atoms with Crippen LogP contribution in [-0.2, 0) is 11.8 Å². The molecule has 0 radical (unpaired) electrons. The first-order valence-electron chi connectivity index (χ1n) is 9.74. The van der Waals surface area contributed by atoms with Crippen molar-refractivity contribution >= 4 is 28.7 Å². The number of fused-ring (bicyclic) bond motifs is 1. The van der Waals surface area contributed by atoms with Gasteiger partial charge in [0.15, 0.2) is 0 Å². The average Bonchev–Trinajstić information content (AvgIpc) is 3.16. The number of carbonyl (C=O) groups excluding carboxylic acids is 1. The van der Waals surface area contributed by atoms with Gasteiger partial charge in [-0.25, -0.2) is 9.78 Å². The Labute approximate surface area is 175 Å². The van der Waals surface area contributed by atoms with Gasteiger partial charge in [-0.3, -0.25) is 4.68 Å². The molecule has 0 aliphatic heterocycles. The number of carbonyl (C=O) groups is 1. The molecule has 29 heavy (non-hydrogen) atoms. The van der Waals surface area contributed by atoms with Crippen LogP contribution in [0.2, 0.25) is 5.15 Å². The molecular weight excluding hydrogens is 390 g/mol. The van der Waals surface area contributed by atoms with E-state index in [0.29, 0.717) is 5.15 Å². The maximum Gasteiger partial charge on any atom is 0.410 e. The van der Waals surface area contributed by atoms with Crippen molar-refractivity contribution in [3.05, 3.63) is 35.9 Å². The zero-order valence-electron chi connectivity index (χ0n) is 17.4. The van der Waals surface area contributed by atoms with E-state index < -0.39 is 5.60 Å². The van der Waals surface area contributed by atoms with E-state index in [1.54, 1.807) is 16.6 Å². The second-order valence-corrected chi connectivity index (χ2v) is 9.12. The van der Waals surface area contributed by atoms with Gasteiger partial charge < -0.3 is 14.2 Å². The topological polar surface area (TPSA) is 65.2 Å². The van der Waals surface area contributed by atoms with Crippen LogP contribution in [0.5, 0.6) is 0 Å². The Morgan fingerprint density at radius 2 is 2.00 bits per heavy atom. The van der Waals surface area contributed by atoms with Crippen molar-refractivity contribution in [1.82, 2.24) is 24.2 Å². The van der Waals surface area contributed by atoms with Gasteiger partial charge in [0.1, 0.15) is 16.4 Å². The lowest BCUT2D eigenvalue weighted by Gasteiger charge is -2.42. The number of aromatic nitrogens is 4. The van der Waals surface area contributed by atoms with Crippen LogP contribution in [0.3, 0.4) is 0 Å². The molecule has 3 aromatic heterocycles. The smallest absolute Gasteiger partial charge is 0.410 e. The van der Waals surface area contributed by atoms with Gasteiger partial charge in [-0.1, -0.05) is 11.6 Å². The maximum absolute atomic E-state index is 12.3. The SMILES string of the molecule is Cn1cc(-c2cn([C@H]3C[C@@H](N(C)C(=O)OC(C)(C)C)C3)c3nc(Cl)ccc23)cn1. The summed E-state index contributed by atoms with van der Waals surface area (Å²) >= 11 is 6.19. The van der Waals surface area contributed by atoms with Crippen LogP contribution in [0.25, 0.3) is 22.2 Å². The molecule has 1 fully saturated rings. The number of amides is 1. The second-order valence-electron chi connectivity index (χ2n) is 8.73. The van der Waals surface area contributed by atoms with Gasteiger partial charge in [-0.2, -0.15) is 5.10 Å². The number of nitrogens with zero attached hydrogens (tertiary/aromatic N) is 5. The number of hydrogen-bond acceptors (Lipinski definition) is 4. The van der Waals surface area contributed by atoms with Gasteiger partial charge in [-0.05, 0) is 45.7 Å². The second kappa shape index (κ2) is 7.06. The van der Waals surface area contributed by atoms with Crippen LogP contribution in [0.4, 0.5) is 4.79 Å². The van der Waals surface area contributed by atoms with Gasteiger partial charge in [0, 0.05) is 55.1 Å². The number of hydrogen-bond donors (Lipinski definition) is 0. The van der Waals surface area contributed by atoms with Crippen molar-refractivity contribution in [3.63, 3.8) is 0 Å². The minimum absolute atomic E-state index is 0.147. The third kappa shape index (κ3) is 3.83. The summed E-state index contributed by atoms with van der Waals surface area (Å²) in [5.41, 5.74) is 2.49. The Hall–Kier alpha value is -2.54. The molecule has 0 N–H and O–H groups in total. The molecule has 0 unspecified atom stereocenters. The van der Waals surface area contributed by atoms with Crippen molar-refractivity contribution < 1.29 is 9.53 Å². The Bertz CT molecular complexity index is 1060. The average molecular weight is 416 g/mol. The van der Waals surface area contributed by atoms with Crippen LogP contribution < -0.4 is 0 Å². The highest BCUT2D eigenvalue weighted by atomic mass is 35.5. The molecule has 0 spiro atoms. The fourth-order valence-corrected chi connectivity index (χ4v) is 3.90. The van der Waals surface area contributed by atoms with E-state index in [4.69, 9.17) is 16.3 Å². The van der Waals surface area contributed by atoms with Gasteiger partial charge in [0.2, 0.25) is 0 Å². The van der Waals surface area contributed by atoms with E-state index in [1.807, 2.05) is 52.3 Å². The Balaban J connectivity index is 1.58. The van der Waals surface area contributed by atoms with Crippen LogP contribution in [-0.4, -0.2) is 49.0 Å². The highest BCUT2D eigenvalue weighted by molar-refractivity contribution is 6.29. The standard InChI is InChI=1S/C21H26ClN5O2/c1-21(2,3)29-20(28)26(5)14-8-15(9-14)27-12-17(13-10-23-25(4)11-13)16-6-7-18(22)24-19(16)27/h6-7,10-12,14-15H,8-9H2,1-5H3/t14-,15+. The van der Waals surface area contributed by atoms with E-state index >= 15 is 0 Å². The molecule has 0 bridgehead atoms. The Morgan fingerprint density at radius 1 is 1.28 bits per heavy atom. The molecule has 1 amide bonds. The van der Waals surface area contributed by atoms with Crippen molar-refractivity contribution in [2.24, 2.45) is 7.05 Å². The molecule has 1 aliphatic rings. The summed E-state index contributed by atoms with van der Waals surface area (Å²) in [4.78, 5) is 18.6. The van der Waals surface area contributed by atoms with Crippen LogP contribution in [0.1, 0.15) is 39.7 Å². The van der Waals surface area contributed by atoms with Crippen LogP contribution >= 0.6 is 11.6 Å². The largest absolute Gasteiger partial charge is 0.444 e. The van der Waals surface area contributed by atoms with Gasteiger partial charge in [0.25, 0.3) is 0 Å². The summed E-state index contributed by atoms with van der Waals surface area (Å²) in [6.07, 6.45) is 7.39. The monoisotopic (exact) mass is 415 g/mol. The molecule has 4 rings (SSSR count). The summed E-state index contributed by atoms with van der Waals surface area (Å²) in [6.45, 7) is 5.64. The highest BCUT2D eigenvalue weighted by Gasteiger charge is 2.37. The molecule has 0 saturated heterocycles. The number of halogens is 1. The number of pyridine rings is 1. The summed E-state index contributed by atoms with van der Waals surface area (Å²) < 4.78 is 9.46. The van der Waals surface area contributed by atoms with Crippen molar-refractivity contribution in [3.8, 4) is 11.1 Å². The molecule has 0 aromatic carbocycles. The van der Waals surface area contributed by atoms with Crippen molar-refractivity contribution in [1.29, 1.82) is 0 Å². The van der Waals surface area contributed by atoms with E-state index in [0.717, 1.165) is 35.0 Å². The normalized spacial score (nSPS) is 19.2. The molecular formula is C21H26ClN5O2. The fourth-order valence-electron chi connectivity index (χ4n) is 3.76. The molecule has 7 nitrogen and oxygen atoms in total. The minimum atomic E-state index is -0.496. The highest BCUT2D eigenvalue weighted by Crippen LogP contribution is 2.41. The molecule has 1 saturated carbocycles. The Kier molecular flexibility index (Phi) is 4.81. The Morgan fingerprint density at radius 3 is 2.62 bits per heavy atom. The van der Waals surface area contributed by atoms with Crippen molar-refractivity contribution in [2.45, 2.75) is 51.3 Å². The van der Waals surface area contributed by atoms with E-state index in [1.165, 1.54) is 0 Å². The molecule has 1 aliphatic carbocycles. The molecule has 8 heteroatoms. The first-order chi connectivity index (χ1) is 13.6. The van der Waals surface area contributed by atoms with Crippen LogP contribution in [0.15, 0.2) is 30.7 Å². The number of rotatable bonds is 3. The molecule has 3 aromatic rings. The van der Waals surface area contributed by atoms with E-state index in [-0.39, 0.29) is 18.2 Å². The lowest BCUT2D eigenvalue weighted by molar-refractivity contribution is 0.00810. The van der Waals surface area contributed by atoms with Gasteiger partial charge in [-0.15, -0.1) is 0 Å². The van der Waals surface area contributed by atoms with Gasteiger partial charge in [0.05, 0.1) is 6.20 Å². The molecule has 154 valence electrons. The van der Waals surface area contributed by atoms with Crippen molar-refractivity contribution in [2.75, 3.05) is 7.05 Å². The van der Waals surface area contributed by atoms with Gasteiger partial charge >= 0.3 is 6.09 Å². The first-order valence-corrected chi connectivity index (χ1v) is 10.1. The summed E-state index contributed by atoms with van der Waals surface area (Å²) in [5.74, 6) is 0. The van der Waals surface area contributed by atoms with E-state index in [2.05, 4.69) is 20.8 Å². The summed E-state index contributed by atoms with van der Waals surface area (Å²) in [5, 5.41) is 5.81. The third-order valence-electron chi connectivity index (χ3n) is 5.37. The predicted octanol–water partition coefficient (Wildman–Crippen LogP) is 4.66. The quantitative estimate of drug-likeness (QED) is 0.583. The zero-order valence-corrected chi connectivity index (χ0v) is 18.1. The molecule has 0 atom stereocenters. The van der Waals surface area contributed by atoms with Crippen LogP contribution in [0, 0.1) is 0 Å². The number of ether oxygens (including phenoxy) is 1. The van der Waals surface area contributed by atoms with E-state index in [9.17, 15) is 4.79 Å². The lowest BCUT2D eigenvalue weighted by Crippen LogP contribution is -2.47. The fraction of sp³-hybridized carbons (Fsp3) is 0.476. The summed E-state index contributed by atoms with van der Waals surface area (Å²) in [7, 11) is 3.71. The minimum Gasteiger partial charge on any atom is -0.444 e. The maximum atomic E-state index is 12.3. The summed E-state index contributed by atoms with van der Waals surface area (Å²) in [6, 6.07) is 4.22. The lowest BCUT2D eigenvalue weighted by atomic mass is 9.85. The predicted molar refractivity (Wildman–Crippen MR) is 113 cm³/mol. The zero-order chi connectivity index (χ0) is 20.9. The molecule has 3 heterocycles. The third-order valence-corrected chi connectivity index (χ3v) is 5.58.